The van der Waals surface area contributed by atoms with Crippen LogP contribution >= 0.6 is 0 Å². The van der Waals surface area contributed by atoms with E-state index >= 15 is 0 Å². The Morgan fingerprint density at radius 3 is 1.83 bits per heavy atom. The van der Waals surface area contributed by atoms with Crippen LogP contribution in [0.1, 0.15) is 32.8 Å². The molecule has 0 bridgehead atoms. The first kappa shape index (κ1) is 18.0. The van der Waals surface area contributed by atoms with Crippen molar-refractivity contribution < 1.29 is 5.11 Å². The number of rotatable bonds is 6. The van der Waals surface area contributed by atoms with Gasteiger partial charge in [-0.15, -0.1) is 0 Å². The Morgan fingerprint density at radius 2 is 1.35 bits per heavy atom. The van der Waals surface area contributed by atoms with Gasteiger partial charge >= 0.3 is 0 Å². The zero-order chi connectivity index (χ0) is 17.1. The predicted molar refractivity (Wildman–Crippen MR) is 103 cm³/mol. The van der Waals surface area contributed by atoms with E-state index in [2.05, 4.69) is 76.3 Å². The fraction of sp³-hybridized carbons (Fsp3) is 0.429. The SMILES string of the molecule is CC(C)[C@](O)(C[C@@H](C)[Si](C)(C)c1ccccc1)c1ccccc1. The van der Waals surface area contributed by atoms with E-state index in [-0.39, 0.29) is 5.92 Å². The van der Waals surface area contributed by atoms with E-state index in [1.807, 2.05) is 18.2 Å². The van der Waals surface area contributed by atoms with Crippen molar-refractivity contribution in [3.8, 4) is 0 Å². The summed E-state index contributed by atoms with van der Waals surface area (Å²) in [5, 5.41) is 12.9. The molecule has 0 aromatic heterocycles. The quantitative estimate of drug-likeness (QED) is 0.747. The Morgan fingerprint density at radius 1 is 0.870 bits per heavy atom. The molecular formula is C21H30OSi. The van der Waals surface area contributed by atoms with E-state index in [4.69, 9.17) is 0 Å². The lowest BCUT2D eigenvalue weighted by Gasteiger charge is -2.40. The summed E-state index contributed by atoms with van der Waals surface area (Å²) in [6, 6.07) is 21.0. The molecule has 0 aliphatic carbocycles. The van der Waals surface area contributed by atoms with Crippen molar-refractivity contribution in [1.82, 2.24) is 0 Å². The molecule has 0 aliphatic rings. The minimum atomic E-state index is -1.63. The Hall–Kier alpha value is -1.38. The van der Waals surface area contributed by atoms with E-state index in [9.17, 15) is 5.11 Å². The number of hydrogen-bond acceptors (Lipinski definition) is 1. The van der Waals surface area contributed by atoms with E-state index in [1.165, 1.54) is 5.19 Å². The van der Waals surface area contributed by atoms with Crippen LogP contribution in [0.25, 0.3) is 0 Å². The Bertz CT molecular complexity index is 606. The van der Waals surface area contributed by atoms with Crippen LogP contribution in [-0.4, -0.2) is 13.2 Å². The first-order valence-corrected chi connectivity index (χ1v) is 11.7. The van der Waals surface area contributed by atoms with Crippen molar-refractivity contribution in [2.75, 3.05) is 0 Å². The number of benzene rings is 2. The summed E-state index contributed by atoms with van der Waals surface area (Å²) in [7, 11) is -1.63. The summed E-state index contributed by atoms with van der Waals surface area (Å²) in [4.78, 5) is 0. The lowest BCUT2D eigenvalue weighted by Crippen LogP contribution is -2.48. The van der Waals surface area contributed by atoms with E-state index in [0.29, 0.717) is 5.54 Å². The van der Waals surface area contributed by atoms with Crippen molar-refractivity contribution in [3.63, 3.8) is 0 Å². The minimum absolute atomic E-state index is 0.188. The van der Waals surface area contributed by atoms with Crippen molar-refractivity contribution >= 4 is 13.3 Å². The maximum Gasteiger partial charge on any atom is 0.0919 e. The first-order valence-electron chi connectivity index (χ1n) is 8.62. The number of hydrogen-bond donors (Lipinski definition) is 1. The Balaban J connectivity index is 2.30. The molecule has 0 heterocycles. The molecule has 2 aromatic rings. The lowest BCUT2D eigenvalue weighted by atomic mass is 9.80. The maximum absolute atomic E-state index is 11.5. The Labute approximate surface area is 142 Å². The average Bonchev–Trinajstić information content (AvgIpc) is 2.56. The molecule has 0 radical (unpaired) electrons. The van der Waals surface area contributed by atoms with Gasteiger partial charge < -0.3 is 5.11 Å². The highest BCUT2D eigenvalue weighted by Crippen LogP contribution is 2.40. The van der Waals surface area contributed by atoms with Crippen LogP contribution in [0.5, 0.6) is 0 Å². The van der Waals surface area contributed by atoms with Gasteiger partial charge in [-0.1, -0.05) is 99.7 Å². The molecule has 2 rings (SSSR count). The van der Waals surface area contributed by atoms with Crippen LogP contribution in [0.15, 0.2) is 60.7 Å². The molecule has 2 aromatic carbocycles. The summed E-state index contributed by atoms with van der Waals surface area (Å²) < 4.78 is 0. The highest BCUT2D eigenvalue weighted by molar-refractivity contribution is 6.90. The molecule has 0 saturated carbocycles. The highest BCUT2D eigenvalue weighted by Gasteiger charge is 2.40. The molecule has 0 saturated heterocycles. The topological polar surface area (TPSA) is 20.2 Å². The molecule has 1 nitrogen and oxygen atoms in total. The van der Waals surface area contributed by atoms with Crippen LogP contribution in [0, 0.1) is 5.92 Å². The summed E-state index contributed by atoms with van der Waals surface area (Å²) >= 11 is 0. The average molecular weight is 327 g/mol. The molecule has 2 atom stereocenters. The van der Waals surface area contributed by atoms with Gasteiger partial charge in [-0.25, -0.2) is 0 Å². The fourth-order valence-corrected chi connectivity index (χ4v) is 5.73. The Kier molecular flexibility index (Phi) is 5.48. The lowest BCUT2D eigenvalue weighted by molar-refractivity contribution is -0.0194. The third kappa shape index (κ3) is 3.76. The summed E-state index contributed by atoms with van der Waals surface area (Å²) in [5.74, 6) is 0.188. The molecule has 0 aliphatic heterocycles. The van der Waals surface area contributed by atoms with Gasteiger partial charge in [0.15, 0.2) is 0 Å². The van der Waals surface area contributed by atoms with Gasteiger partial charge in [-0.3, -0.25) is 0 Å². The van der Waals surface area contributed by atoms with Crippen molar-refractivity contribution in [2.45, 2.75) is 51.4 Å². The second-order valence-electron chi connectivity index (χ2n) is 7.64. The molecule has 23 heavy (non-hydrogen) atoms. The van der Waals surface area contributed by atoms with Crippen LogP contribution < -0.4 is 5.19 Å². The van der Waals surface area contributed by atoms with E-state index in [1.54, 1.807) is 0 Å². The van der Waals surface area contributed by atoms with E-state index < -0.39 is 13.7 Å². The third-order valence-electron chi connectivity index (χ3n) is 5.60. The first-order chi connectivity index (χ1) is 10.8. The molecule has 0 unspecified atom stereocenters. The molecular weight excluding hydrogens is 296 g/mol. The van der Waals surface area contributed by atoms with Crippen molar-refractivity contribution in [2.24, 2.45) is 5.92 Å². The minimum Gasteiger partial charge on any atom is -0.385 e. The molecule has 1 N–H and O–H groups in total. The summed E-state index contributed by atoms with van der Waals surface area (Å²) in [6.45, 7) is 11.4. The van der Waals surface area contributed by atoms with Crippen LogP contribution in [0.4, 0.5) is 0 Å². The second kappa shape index (κ2) is 7.02. The largest absolute Gasteiger partial charge is 0.385 e. The van der Waals surface area contributed by atoms with Gasteiger partial charge in [0.05, 0.1) is 13.7 Å². The predicted octanol–water partition coefficient (Wildman–Crippen LogP) is 4.93. The molecule has 2 heteroatoms. The smallest absolute Gasteiger partial charge is 0.0919 e. The zero-order valence-electron chi connectivity index (χ0n) is 15.1. The van der Waals surface area contributed by atoms with Gasteiger partial charge in [0.25, 0.3) is 0 Å². The zero-order valence-corrected chi connectivity index (χ0v) is 16.1. The van der Waals surface area contributed by atoms with Gasteiger partial charge in [0.1, 0.15) is 0 Å². The van der Waals surface area contributed by atoms with Gasteiger partial charge in [-0.2, -0.15) is 0 Å². The van der Waals surface area contributed by atoms with E-state index in [0.717, 1.165) is 12.0 Å². The number of aliphatic hydroxyl groups is 1. The van der Waals surface area contributed by atoms with Crippen LogP contribution in [0.3, 0.4) is 0 Å². The molecule has 0 fully saturated rings. The third-order valence-corrected chi connectivity index (χ3v) is 10.1. The maximum atomic E-state index is 11.5. The standard InChI is InChI=1S/C21H30OSi/c1-17(2)21(22,19-12-8-6-9-13-19)16-18(3)23(4,5)20-14-10-7-11-15-20/h6-15,17-18,22H,16H2,1-5H3/t18-,21-/m1/s1. The van der Waals surface area contributed by atoms with Gasteiger partial charge in [0, 0.05) is 0 Å². The summed E-state index contributed by atoms with van der Waals surface area (Å²) in [6.07, 6.45) is 0.808. The van der Waals surface area contributed by atoms with Gasteiger partial charge in [0.2, 0.25) is 0 Å². The fourth-order valence-electron chi connectivity index (χ4n) is 3.29. The van der Waals surface area contributed by atoms with Crippen molar-refractivity contribution in [1.29, 1.82) is 0 Å². The van der Waals surface area contributed by atoms with Crippen molar-refractivity contribution in [3.05, 3.63) is 66.2 Å². The molecule has 0 spiro atoms. The van der Waals surface area contributed by atoms with Crippen LogP contribution in [-0.2, 0) is 5.60 Å². The van der Waals surface area contributed by atoms with Gasteiger partial charge in [-0.05, 0) is 23.4 Å². The summed E-state index contributed by atoms with van der Waals surface area (Å²) in [5.41, 5.74) is 0.761. The second-order valence-corrected chi connectivity index (χ2v) is 12.6. The monoisotopic (exact) mass is 326 g/mol. The molecule has 0 amide bonds. The molecule has 124 valence electrons. The van der Waals surface area contributed by atoms with Crippen LogP contribution in [0.2, 0.25) is 18.6 Å². The highest BCUT2D eigenvalue weighted by atomic mass is 28.3. The normalized spacial score (nSPS) is 16.1.